The minimum absolute atomic E-state index is 0.120. The van der Waals surface area contributed by atoms with Crippen molar-refractivity contribution in [1.82, 2.24) is 16.1 Å². The normalized spacial score (nSPS) is 15.3. The number of nitrogens with one attached hydrogen (secondary N) is 3. The molecular formula is C29H34N4O8. The van der Waals surface area contributed by atoms with Crippen molar-refractivity contribution in [2.24, 2.45) is 5.10 Å². The number of aliphatic hydroxyl groups is 1. The number of allylic oxidation sites excluding steroid dienone is 1. The second-order valence-electron chi connectivity index (χ2n) is 8.55. The maximum atomic E-state index is 12.4. The SMILES string of the molecule is C#CCOc1ccc(/C=N\N[C@@H](O)COc2ccc([C@@H]3NC(=O)NC(C)=C3C(=O)OC)cc2OCC)cc1OCC. The smallest absolute Gasteiger partial charge is 0.337 e. The number of benzene rings is 2. The maximum Gasteiger partial charge on any atom is 0.337 e. The highest BCUT2D eigenvalue weighted by Crippen LogP contribution is 2.35. The summed E-state index contributed by atoms with van der Waals surface area (Å²) in [7, 11) is 1.27. The van der Waals surface area contributed by atoms with E-state index in [0.717, 1.165) is 0 Å². The Kier molecular flexibility index (Phi) is 11.2. The summed E-state index contributed by atoms with van der Waals surface area (Å²) in [5, 5.41) is 19.7. The zero-order valence-corrected chi connectivity index (χ0v) is 23.4. The highest BCUT2D eigenvalue weighted by Gasteiger charge is 2.32. The van der Waals surface area contributed by atoms with Gasteiger partial charge in [0.25, 0.3) is 0 Å². The van der Waals surface area contributed by atoms with E-state index in [1.807, 2.05) is 13.8 Å². The molecule has 12 heteroatoms. The Hall–Kier alpha value is -4.89. The number of ether oxygens (including phenoxy) is 5. The third-order valence-electron chi connectivity index (χ3n) is 5.69. The summed E-state index contributed by atoms with van der Waals surface area (Å²) in [5.74, 6) is 3.60. The van der Waals surface area contributed by atoms with Crippen LogP contribution in [0.15, 0.2) is 52.8 Å². The van der Waals surface area contributed by atoms with Crippen LogP contribution in [0.3, 0.4) is 0 Å². The molecule has 0 saturated carbocycles. The van der Waals surface area contributed by atoms with Crippen molar-refractivity contribution in [2.45, 2.75) is 33.0 Å². The molecule has 0 aliphatic carbocycles. The Labute approximate surface area is 238 Å². The molecule has 2 amide bonds. The molecule has 1 aliphatic heterocycles. The Balaban J connectivity index is 1.67. The number of nitrogens with zero attached hydrogens (tertiary/aromatic N) is 1. The summed E-state index contributed by atoms with van der Waals surface area (Å²) in [6, 6.07) is 9.02. The maximum absolute atomic E-state index is 12.4. The Morgan fingerprint density at radius 3 is 2.46 bits per heavy atom. The first-order chi connectivity index (χ1) is 19.8. The lowest BCUT2D eigenvalue weighted by atomic mass is 9.95. The first kappa shape index (κ1) is 30.6. The van der Waals surface area contributed by atoms with Crippen molar-refractivity contribution in [3.8, 4) is 35.3 Å². The van der Waals surface area contributed by atoms with E-state index in [-0.39, 0.29) is 18.8 Å². The van der Waals surface area contributed by atoms with E-state index in [4.69, 9.17) is 30.1 Å². The number of amides is 2. The molecule has 4 N–H and O–H groups in total. The van der Waals surface area contributed by atoms with Crippen LogP contribution in [0.4, 0.5) is 4.79 Å². The van der Waals surface area contributed by atoms with Gasteiger partial charge in [0.05, 0.1) is 38.2 Å². The number of carbonyl (C=O) groups is 2. The van der Waals surface area contributed by atoms with Crippen LogP contribution in [0.5, 0.6) is 23.0 Å². The molecule has 2 aromatic carbocycles. The Bertz CT molecular complexity index is 1330. The highest BCUT2D eigenvalue weighted by molar-refractivity contribution is 5.95. The molecule has 12 nitrogen and oxygen atoms in total. The van der Waals surface area contributed by atoms with Gasteiger partial charge in [-0.3, -0.25) is 5.43 Å². The van der Waals surface area contributed by atoms with Crippen LogP contribution < -0.4 is 35.0 Å². The lowest BCUT2D eigenvalue weighted by Gasteiger charge is -2.28. The van der Waals surface area contributed by atoms with E-state index in [2.05, 4.69) is 27.1 Å². The van der Waals surface area contributed by atoms with E-state index in [1.165, 1.54) is 13.3 Å². The number of carbonyl (C=O) groups excluding carboxylic acids is 2. The molecule has 41 heavy (non-hydrogen) atoms. The molecule has 0 spiro atoms. The highest BCUT2D eigenvalue weighted by atomic mass is 16.5. The average Bonchev–Trinajstić information content (AvgIpc) is 2.95. The zero-order chi connectivity index (χ0) is 29.8. The molecule has 2 aromatic rings. The summed E-state index contributed by atoms with van der Waals surface area (Å²) in [4.78, 5) is 24.5. The van der Waals surface area contributed by atoms with Crippen molar-refractivity contribution in [1.29, 1.82) is 0 Å². The second-order valence-corrected chi connectivity index (χ2v) is 8.55. The summed E-state index contributed by atoms with van der Waals surface area (Å²) in [6.07, 6.45) is 5.62. The van der Waals surface area contributed by atoms with Gasteiger partial charge in [0, 0.05) is 5.70 Å². The van der Waals surface area contributed by atoms with Gasteiger partial charge in [0.15, 0.2) is 29.2 Å². The quantitative estimate of drug-likeness (QED) is 0.0890. The van der Waals surface area contributed by atoms with Gasteiger partial charge in [0.2, 0.25) is 0 Å². The molecule has 1 heterocycles. The number of aliphatic hydroxyl groups excluding tert-OH is 1. The van der Waals surface area contributed by atoms with Crippen LogP contribution in [0.25, 0.3) is 0 Å². The van der Waals surface area contributed by atoms with Gasteiger partial charge in [-0.05, 0) is 62.2 Å². The summed E-state index contributed by atoms with van der Waals surface area (Å²) >= 11 is 0. The van der Waals surface area contributed by atoms with E-state index in [1.54, 1.807) is 43.3 Å². The van der Waals surface area contributed by atoms with Crippen LogP contribution in [0, 0.1) is 12.3 Å². The summed E-state index contributed by atoms with van der Waals surface area (Å²) in [6.45, 7) is 6.03. The number of hydrogen-bond donors (Lipinski definition) is 4. The Morgan fingerprint density at radius 2 is 1.78 bits per heavy atom. The predicted molar refractivity (Wildman–Crippen MR) is 151 cm³/mol. The van der Waals surface area contributed by atoms with Crippen LogP contribution in [0.1, 0.15) is 37.9 Å². The molecule has 0 saturated heterocycles. The average molecular weight is 567 g/mol. The largest absolute Gasteiger partial charge is 0.490 e. The van der Waals surface area contributed by atoms with Crippen LogP contribution in [-0.2, 0) is 9.53 Å². The zero-order valence-electron chi connectivity index (χ0n) is 23.4. The Morgan fingerprint density at radius 1 is 1.10 bits per heavy atom. The van der Waals surface area contributed by atoms with Crippen LogP contribution >= 0.6 is 0 Å². The fourth-order valence-corrected chi connectivity index (χ4v) is 3.93. The number of methoxy groups -OCH3 is 1. The van der Waals surface area contributed by atoms with Crippen molar-refractivity contribution in [2.75, 3.05) is 33.5 Å². The summed E-state index contributed by atoms with van der Waals surface area (Å²) < 4.78 is 27.5. The van der Waals surface area contributed by atoms with Crippen LogP contribution in [-0.4, -0.2) is 63.1 Å². The second kappa shape index (κ2) is 15.0. The van der Waals surface area contributed by atoms with Gasteiger partial charge in [-0.15, -0.1) is 6.42 Å². The van der Waals surface area contributed by atoms with Gasteiger partial charge >= 0.3 is 12.0 Å². The van der Waals surface area contributed by atoms with E-state index in [9.17, 15) is 14.7 Å². The van der Waals surface area contributed by atoms with Gasteiger partial charge < -0.3 is 39.4 Å². The minimum Gasteiger partial charge on any atom is -0.490 e. The molecule has 0 unspecified atom stereocenters. The minimum atomic E-state index is -1.15. The number of hydrazone groups is 1. The summed E-state index contributed by atoms with van der Waals surface area (Å²) in [5.41, 5.74) is 4.55. The van der Waals surface area contributed by atoms with Gasteiger partial charge in [-0.1, -0.05) is 12.0 Å². The first-order valence-corrected chi connectivity index (χ1v) is 12.9. The lowest BCUT2D eigenvalue weighted by Crippen LogP contribution is -2.45. The number of rotatable bonds is 14. The lowest BCUT2D eigenvalue weighted by molar-refractivity contribution is -0.136. The first-order valence-electron chi connectivity index (χ1n) is 12.9. The molecule has 1 aliphatic rings. The fourth-order valence-electron chi connectivity index (χ4n) is 3.93. The van der Waals surface area contributed by atoms with E-state index >= 15 is 0 Å². The third-order valence-corrected chi connectivity index (χ3v) is 5.69. The molecule has 0 aromatic heterocycles. The topological polar surface area (TPSA) is 149 Å². The predicted octanol–water partition coefficient (Wildman–Crippen LogP) is 2.62. The molecule has 0 fully saturated rings. The van der Waals surface area contributed by atoms with Gasteiger partial charge in [0.1, 0.15) is 13.2 Å². The molecular weight excluding hydrogens is 532 g/mol. The fraction of sp³-hybridized carbons (Fsp3) is 0.345. The molecule has 0 radical (unpaired) electrons. The molecule has 0 bridgehead atoms. The van der Waals surface area contributed by atoms with Crippen molar-refractivity contribution < 1.29 is 38.4 Å². The standard InChI is InChI=1S/C29H34N4O8/c1-6-13-40-21-11-9-19(14-23(21)38-7-2)16-30-33-25(34)17-41-22-12-10-20(15-24(22)39-8-3)27-26(28(35)37-5)18(4)31-29(36)32-27/h1,9-12,14-16,25,27,33-34H,7-8,13,17H2,2-5H3,(H2,31,32,36)/b30-16-/t25-,27-/m0/s1. The van der Waals surface area contributed by atoms with E-state index in [0.29, 0.717) is 53.0 Å². The van der Waals surface area contributed by atoms with E-state index < -0.39 is 24.3 Å². The number of urea groups is 1. The number of terminal acetylenes is 1. The number of hydrogen-bond acceptors (Lipinski definition) is 10. The van der Waals surface area contributed by atoms with Crippen molar-refractivity contribution in [3.05, 3.63) is 58.8 Å². The van der Waals surface area contributed by atoms with Gasteiger partial charge in [-0.25, -0.2) is 9.59 Å². The van der Waals surface area contributed by atoms with Crippen LogP contribution in [0.2, 0.25) is 0 Å². The van der Waals surface area contributed by atoms with Crippen molar-refractivity contribution >= 4 is 18.2 Å². The molecule has 2 atom stereocenters. The monoisotopic (exact) mass is 566 g/mol. The third kappa shape index (κ3) is 8.30. The molecule has 218 valence electrons. The van der Waals surface area contributed by atoms with Crippen molar-refractivity contribution in [3.63, 3.8) is 0 Å². The number of esters is 1. The van der Waals surface area contributed by atoms with Gasteiger partial charge in [-0.2, -0.15) is 5.10 Å². The molecule has 3 rings (SSSR count).